The molecule has 32 heavy (non-hydrogen) atoms. The first-order valence-electron chi connectivity index (χ1n) is 12.5. The van der Waals surface area contributed by atoms with Crippen molar-refractivity contribution < 1.29 is 4.39 Å². The lowest BCUT2D eigenvalue weighted by Gasteiger charge is -2.25. The topological polar surface area (TPSA) is 0 Å². The van der Waals surface area contributed by atoms with Crippen molar-refractivity contribution in [1.29, 1.82) is 0 Å². The maximum atomic E-state index is 14.6. The minimum atomic E-state index is -0.112. The molecule has 2 heteroatoms. The van der Waals surface area contributed by atoms with Crippen LogP contribution in [0.15, 0.2) is 41.9 Å². The smallest absolute Gasteiger partial charge is 0.207 e. The minimum absolute atomic E-state index is 0.112. The highest BCUT2D eigenvalue weighted by atomic mass is 19.1. The highest BCUT2D eigenvalue weighted by Gasteiger charge is 2.36. The summed E-state index contributed by atoms with van der Waals surface area (Å²) in [6.07, 6.45) is 6.38. The van der Waals surface area contributed by atoms with Gasteiger partial charge in [0.1, 0.15) is 5.82 Å². The number of allylic oxidation sites excluding steroid dienone is 4. The molecule has 0 unspecified atom stereocenters. The molecule has 0 fully saturated rings. The lowest BCUT2D eigenvalue weighted by Crippen LogP contribution is -2.46. The van der Waals surface area contributed by atoms with Crippen molar-refractivity contribution in [1.82, 2.24) is 0 Å². The number of benzene rings is 2. The summed E-state index contributed by atoms with van der Waals surface area (Å²) in [5.74, 6) is 0.838. The zero-order chi connectivity index (χ0) is 24.2. The number of fused-ring (bicyclic) bond motifs is 1. The molecule has 1 aliphatic heterocycles. The Hall–Kier alpha value is -2.09. The van der Waals surface area contributed by atoms with Gasteiger partial charge in [-0.3, -0.25) is 0 Å². The van der Waals surface area contributed by atoms with Gasteiger partial charge in [0.25, 0.3) is 0 Å². The van der Waals surface area contributed by atoms with E-state index < -0.39 is 0 Å². The Morgan fingerprint density at radius 3 is 2.12 bits per heavy atom. The van der Waals surface area contributed by atoms with E-state index in [1.807, 2.05) is 20.8 Å². The van der Waals surface area contributed by atoms with Gasteiger partial charge >= 0.3 is 0 Å². The van der Waals surface area contributed by atoms with Crippen LogP contribution in [0.4, 0.5) is 4.39 Å². The summed E-state index contributed by atoms with van der Waals surface area (Å²) in [5, 5.41) is 0. The molecule has 172 valence electrons. The molecule has 0 N–H and O–H groups in total. The minimum Gasteiger partial charge on any atom is -0.207 e. The number of rotatable bonds is 6. The van der Waals surface area contributed by atoms with Gasteiger partial charge in [-0.1, -0.05) is 115 Å². The first kappa shape index (κ1) is 26.2. The standard InChI is InChI=1S/C28H36BF.C2H6/c1-9-11-12-23-20(8)29(26-13-19(7)27(30)16-25(23)26)28-21(10-2)14-22(17(3)4)15-24(28)18(5)6;1-2/h11-18H,9-10H2,1-8H3;1-2H3/b12-11-;. The highest BCUT2D eigenvalue weighted by molar-refractivity contribution is 6.94. The van der Waals surface area contributed by atoms with E-state index in [9.17, 15) is 4.39 Å². The molecule has 0 spiro atoms. The summed E-state index contributed by atoms with van der Waals surface area (Å²) in [6.45, 7) is 21.9. The molecule has 0 aliphatic carbocycles. The summed E-state index contributed by atoms with van der Waals surface area (Å²) < 4.78 is 14.6. The van der Waals surface area contributed by atoms with Crippen molar-refractivity contribution >= 4 is 23.2 Å². The third-order valence-electron chi connectivity index (χ3n) is 6.59. The molecule has 0 nitrogen and oxygen atoms in total. The summed E-state index contributed by atoms with van der Waals surface area (Å²) in [7, 11) is 0. The van der Waals surface area contributed by atoms with Gasteiger partial charge in [0, 0.05) is 0 Å². The van der Waals surface area contributed by atoms with Crippen LogP contribution in [-0.4, -0.2) is 6.71 Å². The van der Waals surface area contributed by atoms with Crippen molar-refractivity contribution in [2.24, 2.45) is 0 Å². The molecular formula is C30H42BF. The Balaban J connectivity index is 0.00000176. The van der Waals surface area contributed by atoms with E-state index in [0.29, 0.717) is 11.8 Å². The van der Waals surface area contributed by atoms with Crippen LogP contribution in [0, 0.1) is 12.7 Å². The van der Waals surface area contributed by atoms with Crippen molar-refractivity contribution in [3.63, 3.8) is 0 Å². The van der Waals surface area contributed by atoms with Gasteiger partial charge in [-0.05, 0) is 65.5 Å². The second-order valence-corrected chi connectivity index (χ2v) is 9.37. The average Bonchev–Trinajstić information content (AvgIpc) is 3.02. The first-order chi connectivity index (χ1) is 15.2. The van der Waals surface area contributed by atoms with E-state index in [1.165, 1.54) is 38.7 Å². The van der Waals surface area contributed by atoms with E-state index in [2.05, 4.69) is 78.8 Å². The van der Waals surface area contributed by atoms with Crippen molar-refractivity contribution in [2.75, 3.05) is 0 Å². The Bertz CT molecular complexity index is 1010. The van der Waals surface area contributed by atoms with Gasteiger partial charge in [0.2, 0.25) is 6.71 Å². The van der Waals surface area contributed by atoms with Crippen LogP contribution in [0.5, 0.6) is 0 Å². The summed E-state index contributed by atoms with van der Waals surface area (Å²) in [6, 6.07) is 8.68. The Labute approximate surface area is 197 Å². The van der Waals surface area contributed by atoms with E-state index in [4.69, 9.17) is 0 Å². The molecule has 0 bridgehead atoms. The van der Waals surface area contributed by atoms with Crippen LogP contribution >= 0.6 is 0 Å². The van der Waals surface area contributed by atoms with Gasteiger partial charge in [0.05, 0.1) is 0 Å². The van der Waals surface area contributed by atoms with Gasteiger partial charge in [0.15, 0.2) is 0 Å². The van der Waals surface area contributed by atoms with Crippen LogP contribution in [0.1, 0.15) is 108 Å². The van der Waals surface area contributed by atoms with Crippen LogP contribution in [0.3, 0.4) is 0 Å². The monoisotopic (exact) mass is 432 g/mol. The number of hydrogen-bond donors (Lipinski definition) is 0. The normalized spacial score (nSPS) is 13.3. The molecule has 0 aromatic heterocycles. The Kier molecular flexibility index (Phi) is 9.13. The Morgan fingerprint density at radius 2 is 1.59 bits per heavy atom. The lowest BCUT2D eigenvalue weighted by atomic mass is 9.36. The summed E-state index contributed by atoms with van der Waals surface area (Å²) in [4.78, 5) is 0. The van der Waals surface area contributed by atoms with Crippen molar-refractivity contribution in [2.45, 2.75) is 93.9 Å². The number of halogens is 1. The zero-order valence-corrected chi connectivity index (χ0v) is 22.0. The van der Waals surface area contributed by atoms with E-state index >= 15 is 0 Å². The van der Waals surface area contributed by atoms with Gasteiger partial charge < -0.3 is 0 Å². The van der Waals surface area contributed by atoms with E-state index in [0.717, 1.165) is 24.0 Å². The second-order valence-electron chi connectivity index (χ2n) is 9.37. The quantitative estimate of drug-likeness (QED) is 0.408. The molecule has 0 saturated heterocycles. The Morgan fingerprint density at radius 1 is 0.938 bits per heavy atom. The molecule has 1 heterocycles. The fourth-order valence-corrected chi connectivity index (χ4v) is 4.82. The average molecular weight is 432 g/mol. The van der Waals surface area contributed by atoms with Crippen molar-refractivity contribution in [3.05, 3.63) is 75.5 Å². The molecule has 0 atom stereocenters. The predicted molar refractivity (Wildman–Crippen MR) is 144 cm³/mol. The zero-order valence-electron chi connectivity index (χ0n) is 22.0. The van der Waals surface area contributed by atoms with Crippen LogP contribution < -0.4 is 10.9 Å². The van der Waals surface area contributed by atoms with E-state index in [-0.39, 0.29) is 12.5 Å². The van der Waals surface area contributed by atoms with Crippen LogP contribution in [0.25, 0.3) is 5.57 Å². The largest absolute Gasteiger partial charge is 0.239 e. The van der Waals surface area contributed by atoms with Crippen molar-refractivity contribution in [3.8, 4) is 0 Å². The second kappa shape index (κ2) is 11.2. The molecule has 0 saturated carbocycles. The summed E-state index contributed by atoms with van der Waals surface area (Å²) in [5.41, 5.74) is 11.3. The summed E-state index contributed by atoms with van der Waals surface area (Å²) >= 11 is 0. The van der Waals surface area contributed by atoms with Gasteiger partial charge in [-0.15, -0.1) is 0 Å². The molecule has 1 aliphatic rings. The molecule has 0 radical (unpaired) electrons. The molecule has 3 rings (SSSR count). The maximum Gasteiger partial charge on any atom is 0.239 e. The van der Waals surface area contributed by atoms with Crippen LogP contribution in [-0.2, 0) is 6.42 Å². The lowest BCUT2D eigenvalue weighted by molar-refractivity contribution is 0.618. The first-order valence-corrected chi connectivity index (χ1v) is 12.5. The van der Waals surface area contributed by atoms with E-state index in [1.54, 1.807) is 6.07 Å². The predicted octanol–water partition coefficient (Wildman–Crippen LogP) is 7.87. The third kappa shape index (κ3) is 4.95. The van der Waals surface area contributed by atoms with Gasteiger partial charge in [-0.25, -0.2) is 4.39 Å². The fraction of sp³-hybridized carbons (Fsp3) is 0.467. The molecule has 2 aromatic rings. The highest BCUT2D eigenvalue weighted by Crippen LogP contribution is 2.32. The van der Waals surface area contributed by atoms with Gasteiger partial charge in [-0.2, -0.15) is 0 Å². The molecule has 0 amide bonds. The third-order valence-corrected chi connectivity index (χ3v) is 6.59. The van der Waals surface area contributed by atoms with Crippen LogP contribution in [0.2, 0.25) is 0 Å². The number of aryl methyl sites for hydroxylation is 2. The molecular weight excluding hydrogens is 390 g/mol. The molecule has 2 aromatic carbocycles. The fourth-order valence-electron chi connectivity index (χ4n) is 4.82. The maximum absolute atomic E-state index is 14.6. The number of hydrogen-bond acceptors (Lipinski definition) is 0. The SMILES string of the molecule is CC.CC/C=C\C1=C(C)B(c2c(CC)cc(C(C)C)cc2C(C)C)c2cc(C)c(F)cc21.